The van der Waals surface area contributed by atoms with Gasteiger partial charge in [0.25, 0.3) is 0 Å². The minimum atomic E-state index is 0.0160. The Morgan fingerprint density at radius 2 is 1.62 bits per heavy atom. The van der Waals surface area contributed by atoms with Crippen molar-refractivity contribution in [3.05, 3.63) is 47.7 Å². The Bertz CT molecular complexity index is 685. The molecule has 4 nitrogen and oxygen atoms in total. The molecule has 2 aliphatic heterocycles. The molecule has 4 rings (SSSR count). The fraction of sp³-hybridized carbons (Fsp3) is 0.545. The van der Waals surface area contributed by atoms with Crippen LogP contribution >= 0.6 is 0 Å². The first-order valence-corrected chi connectivity index (χ1v) is 10.1. The zero-order chi connectivity index (χ0) is 17.9. The van der Waals surface area contributed by atoms with E-state index >= 15 is 0 Å². The molecule has 0 N–H and O–H groups in total. The van der Waals surface area contributed by atoms with Crippen molar-refractivity contribution in [1.29, 1.82) is 0 Å². The van der Waals surface area contributed by atoms with Gasteiger partial charge in [0.05, 0.1) is 0 Å². The maximum absolute atomic E-state index is 12.5. The van der Waals surface area contributed by atoms with Gasteiger partial charge in [-0.3, -0.25) is 9.59 Å². The molecule has 0 amide bonds. The lowest BCUT2D eigenvalue weighted by molar-refractivity contribution is 0.0966. The van der Waals surface area contributed by atoms with Crippen molar-refractivity contribution in [3.8, 4) is 0 Å². The van der Waals surface area contributed by atoms with E-state index in [-0.39, 0.29) is 17.5 Å². The Hall–Kier alpha value is -1.94. The Morgan fingerprint density at radius 3 is 2.31 bits per heavy atom. The molecule has 1 aromatic carbocycles. The van der Waals surface area contributed by atoms with Crippen molar-refractivity contribution in [1.82, 2.24) is 9.80 Å². The molecule has 0 bridgehead atoms. The number of ketones is 2. The van der Waals surface area contributed by atoms with Gasteiger partial charge < -0.3 is 9.80 Å². The molecule has 3 fully saturated rings. The lowest BCUT2D eigenvalue weighted by atomic mass is 10.0. The van der Waals surface area contributed by atoms with E-state index in [2.05, 4.69) is 9.80 Å². The van der Waals surface area contributed by atoms with Crippen LogP contribution in [-0.2, 0) is 0 Å². The first-order valence-electron chi connectivity index (χ1n) is 10.1. The van der Waals surface area contributed by atoms with E-state index in [9.17, 15) is 9.59 Å². The topological polar surface area (TPSA) is 40.6 Å². The molecule has 1 aliphatic carbocycles. The molecule has 2 saturated heterocycles. The van der Waals surface area contributed by atoms with E-state index in [0.29, 0.717) is 11.6 Å². The quantitative estimate of drug-likeness (QED) is 0.556. The molecule has 1 atom stereocenters. The molecule has 1 aromatic rings. The van der Waals surface area contributed by atoms with Crippen LogP contribution in [0.3, 0.4) is 0 Å². The molecular weight excluding hydrogens is 324 g/mol. The van der Waals surface area contributed by atoms with Crippen molar-refractivity contribution in [3.63, 3.8) is 0 Å². The predicted molar refractivity (Wildman–Crippen MR) is 102 cm³/mol. The summed E-state index contributed by atoms with van der Waals surface area (Å²) in [5.41, 5.74) is 1.39. The van der Waals surface area contributed by atoms with Gasteiger partial charge in [0.2, 0.25) is 0 Å². The minimum absolute atomic E-state index is 0.0160. The van der Waals surface area contributed by atoms with E-state index in [4.69, 9.17) is 0 Å². The van der Waals surface area contributed by atoms with E-state index in [1.807, 2.05) is 6.20 Å². The highest BCUT2D eigenvalue weighted by Crippen LogP contribution is 2.32. The summed E-state index contributed by atoms with van der Waals surface area (Å²) in [7, 11) is 0. The number of allylic oxidation sites excluding steroid dienone is 1. The van der Waals surface area contributed by atoms with E-state index in [1.54, 1.807) is 30.3 Å². The SMILES string of the molecule is O=C(C=CN1CCC[C@H]1CN1CCCC1)c1ccc(C(=O)C2CC2)cc1. The number of rotatable bonds is 7. The Balaban J connectivity index is 1.34. The molecule has 0 radical (unpaired) electrons. The maximum atomic E-state index is 12.5. The molecule has 138 valence electrons. The normalized spacial score (nSPS) is 23.8. The van der Waals surface area contributed by atoms with Crippen molar-refractivity contribution >= 4 is 11.6 Å². The van der Waals surface area contributed by atoms with Crippen molar-refractivity contribution in [2.45, 2.75) is 44.6 Å². The first kappa shape index (κ1) is 17.5. The zero-order valence-corrected chi connectivity index (χ0v) is 15.4. The standard InChI is InChI=1S/C22H28N2O2/c25-21(17-5-7-18(8-6-17)22(26)19-9-10-19)11-15-24-14-3-4-20(24)16-23-12-1-2-13-23/h5-8,11,15,19-20H,1-4,9-10,12-14,16H2/t20-/m0/s1. The van der Waals surface area contributed by atoms with Gasteiger partial charge in [-0.15, -0.1) is 0 Å². The number of likely N-dealkylation sites (tertiary alicyclic amines) is 2. The van der Waals surface area contributed by atoms with Gasteiger partial charge in [-0.2, -0.15) is 0 Å². The molecular formula is C22H28N2O2. The Morgan fingerprint density at radius 1 is 0.923 bits per heavy atom. The summed E-state index contributed by atoms with van der Waals surface area (Å²) in [6.07, 6.45) is 10.8. The first-order chi connectivity index (χ1) is 12.7. The van der Waals surface area contributed by atoms with Gasteiger partial charge in [0.15, 0.2) is 11.6 Å². The van der Waals surface area contributed by atoms with Gasteiger partial charge in [0.1, 0.15) is 0 Å². The molecule has 0 unspecified atom stereocenters. The summed E-state index contributed by atoms with van der Waals surface area (Å²) in [5, 5.41) is 0. The largest absolute Gasteiger partial charge is 0.373 e. The zero-order valence-electron chi connectivity index (χ0n) is 15.4. The van der Waals surface area contributed by atoms with Crippen molar-refractivity contribution in [2.75, 3.05) is 26.2 Å². The summed E-state index contributed by atoms with van der Waals surface area (Å²) < 4.78 is 0. The maximum Gasteiger partial charge on any atom is 0.187 e. The molecule has 4 heteroatoms. The van der Waals surface area contributed by atoms with Crippen LogP contribution in [0.5, 0.6) is 0 Å². The number of hydrogen-bond donors (Lipinski definition) is 0. The fourth-order valence-electron chi connectivity index (χ4n) is 4.15. The highest BCUT2D eigenvalue weighted by molar-refractivity contribution is 6.05. The van der Waals surface area contributed by atoms with Crippen LogP contribution in [0.1, 0.15) is 59.2 Å². The van der Waals surface area contributed by atoms with Crippen LogP contribution in [0.4, 0.5) is 0 Å². The van der Waals surface area contributed by atoms with Gasteiger partial charge in [-0.1, -0.05) is 24.3 Å². The molecule has 0 aromatic heterocycles. The Kier molecular flexibility index (Phi) is 5.21. The third-order valence-electron chi connectivity index (χ3n) is 5.91. The van der Waals surface area contributed by atoms with Crippen molar-refractivity contribution in [2.24, 2.45) is 5.92 Å². The third kappa shape index (κ3) is 4.07. The number of Topliss-reactive ketones (excluding diaryl/α,β-unsaturated/α-hetero) is 1. The predicted octanol–water partition coefficient (Wildman–Crippen LogP) is 3.54. The van der Waals surface area contributed by atoms with Gasteiger partial charge in [-0.05, 0) is 51.6 Å². The van der Waals surface area contributed by atoms with Crippen LogP contribution in [-0.4, -0.2) is 53.6 Å². The minimum Gasteiger partial charge on any atom is -0.373 e. The number of hydrogen-bond acceptors (Lipinski definition) is 4. The van der Waals surface area contributed by atoms with Gasteiger partial charge in [0, 0.05) is 48.5 Å². The summed E-state index contributed by atoms with van der Waals surface area (Å²) >= 11 is 0. The number of carbonyl (C=O) groups is 2. The number of benzene rings is 1. The van der Waals surface area contributed by atoms with Crippen LogP contribution in [0.25, 0.3) is 0 Å². The van der Waals surface area contributed by atoms with Gasteiger partial charge >= 0.3 is 0 Å². The van der Waals surface area contributed by atoms with Crippen LogP contribution in [0.2, 0.25) is 0 Å². The van der Waals surface area contributed by atoms with Crippen molar-refractivity contribution < 1.29 is 9.59 Å². The smallest absolute Gasteiger partial charge is 0.187 e. The Labute approximate surface area is 155 Å². The molecule has 2 heterocycles. The third-order valence-corrected chi connectivity index (χ3v) is 5.91. The summed E-state index contributed by atoms with van der Waals surface area (Å²) in [6.45, 7) is 4.60. The highest BCUT2D eigenvalue weighted by atomic mass is 16.1. The molecule has 3 aliphatic rings. The van der Waals surface area contributed by atoms with Gasteiger partial charge in [-0.25, -0.2) is 0 Å². The lowest BCUT2D eigenvalue weighted by Crippen LogP contribution is -2.36. The average Bonchev–Trinajstić information content (AvgIpc) is 3.22. The summed E-state index contributed by atoms with van der Waals surface area (Å²) in [6, 6.07) is 7.71. The molecule has 0 spiro atoms. The van der Waals surface area contributed by atoms with Crippen LogP contribution in [0.15, 0.2) is 36.5 Å². The summed E-state index contributed by atoms with van der Waals surface area (Å²) in [4.78, 5) is 29.4. The second-order valence-corrected chi connectivity index (χ2v) is 7.94. The second-order valence-electron chi connectivity index (χ2n) is 7.94. The van der Waals surface area contributed by atoms with E-state index < -0.39 is 0 Å². The molecule has 1 saturated carbocycles. The second kappa shape index (κ2) is 7.75. The summed E-state index contributed by atoms with van der Waals surface area (Å²) in [5.74, 6) is 0.461. The van der Waals surface area contributed by atoms with E-state index in [0.717, 1.165) is 31.5 Å². The highest BCUT2D eigenvalue weighted by Gasteiger charge is 2.30. The molecule has 26 heavy (non-hydrogen) atoms. The average molecular weight is 352 g/mol. The van der Waals surface area contributed by atoms with Crippen LogP contribution in [0, 0.1) is 5.92 Å². The van der Waals surface area contributed by atoms with Crippen LogP contribution < -0.4 is 0 Å². The number of nitrogens with zero attached hydrogens (tertiary/aromatic N) is 2. The lowest BCUT2D eigenvalue weighted by Gasteiger charge is -2.27. The number of carbonyl (C=O) groups excluding carboxylic acids is 2. The van der Waals surface area contributed by atoms with E-state index in [1.165, 1.54) is 38.8 Å². The monoisotopic (exact) mass is 352 g/mol. The fourth-order valence-corrected chi connectivity index (χ4v) is 4.15.